The Morgan fingerprint density at radius 3 is 2.33 bits per heavy atom. The van der Waals surface area contributed by atoms with Crippen molar-refractivity contribution in [2.24, 2.45) is 0 Å². The summed E-state index contributed by atoms with van der Waals surface area (Å²) < 4.78 is 10.3. The van der Waals surface area contributed by atoms with Crippen LogP contribution in [-0.2, 0) is 9.47 Å². The molecule has 1 aromatic rings. The van der Waals surface area contributed by atoms with Gasteiger partial charge < -0.3 is 9.47 Å². The highest BCUT2D eigenvalue weighted by Gasteiger charge is 2.20. The molecule has 0 saturated carbocycles. The summed E-state index contributed by atoms with van der Waals surface area (Å²) in [6, 6.07) is 1.54. The molecule has 0 aliphatic rings. The molecule has 0 bridgehead atoms. The average Bonchev–Trinajstić information content (AvgIpc) is 2.38. The Balaban J connectivity index is 0.00000191. The number of nitrogens with zero attached hydrogens (tertiary/aromatic N) is 1. The van der Waals surface area contributed by atoms with Crippen LogP contribution in [0.4, 0.5) is 10.5 Å². The maximum Gasteiger partial charge on any atom is 0.412 e. The molecule has 0 spiro atoms. The summed E-state index contributed by atoms with van der Waals surface area (Å²) in [7, 11) is 1.24. The number of carbonyl (C=O) groups excluding carboxylic acids is 2. The van der Waals surface area contributed by atoms with Gasteiger partial charge in [0.1, 0.15) is 5.60 Å². The van der Waals surface area contributed by atoms with Gasteiger partial charge in [-0.25, -0.2) is 14.6 Å². The molecule has 1 heterocycles. The smallest absolute Gasteiger partial charge is 0.412 e. The third-order valence-electron chi connectivity index (χ3n) is 1.87. The average molecular weight is 361 g/mol. The van der Waals surface area contributed by atoms with Gasteiger partial charge in [-0.3, -0.25) is 5.32 Å². The molecule has 0 atom stereocenters. The number of ether oxygens (including phenoxy) is 2. The zero-order valence-corrected chi connectivity index (χ0v) is 14.7. The van der Waals surface area contributed by atoms with E-state index >= 15 is 0 Å². The number of anilines is 1. The lowest BCUT2D eigenvalue weighted by molar-refractivity contribution is 0.0595. The summed E-state index contributed by atoms with van der Waals surface area (Å²) in [6.45, 7) is 9.23. The van der Waals surface area contributed by atoms with Gasteiger partial charge in [-0.05, 0) is 42.8 Å². The van der Waals surface area contributed by atoms with Crippen LogP contribution in [0.2, 0.25) is 0 Å². The number of pyridine rings is 1. The number of amides is 1. The molecule has 21 heavy (non-hydrogen) atoms. The molecule has 118 valence electrons. The number of rotatable bonds is 2. The molecule has 0 radical (unpaired) electrons. The van der Waals surface area contributed by atoms with Crippen molar-refractivity contribution in [1.82, 2.24) is 4.98 Å². The number of aromatic nitrogens is 1. The molecule has 7 heteroatoms. The normalized spacial score (nSPS) is 10.0. The van der Waals surface area contributed by atoms with Crippen LogP contribution in [0.1, 0.15) is 45.1 Å². The summed E-state index contributed by atoms with van der Waals surface area (Å²) in [5.41, 5.74) is -0.401. The van der Waals surface area contributed by atoms with Crippen LogP contribution in [0.5, 0.6) is 0 Å². The van der Waals surface area contributed by atoms with Crippen molar-refractivity contribution in [3.8, 4) is 0 Å². The van der Waals surface area contributed by atoms with Crippen molar-refractivity contribution < 1.29 is 19.1 Å². The number of hydrogen-bond acceptors (Lipinski definition) is 5. The second-order valence-electron chi connectivity index (χ2n) is 4.67. The van der Waals surface area contributed by atoms with Crippen LogP contribution in [0.15, 0.2) is 16.7 Å². The molecule has 1 amide bonds. The third-order valence-corrected chi connectivity index (χ3v) is 2.30. The number of methoxy groups -OCH3 is 1. The minimum absolute atomic E-state index is 0.0107. The van der Waals surface area contributed by atoms with E-state index in [2.05, 4.69) is 31.0 Å². The maximum absolute atomic E-state index is 11.7. The van der Waals surface area contributed by atoms with Gasteiger partial charge in [0.25, 0.3) is 0 Å². The predicted octanol–water partition coefficient (Wildman–Crippen LogP) is 4.00. The van der Waals surface area contributed by atoms with E-state index in [0.29, 0.717) is 4.47 Å². The van der Waals surface area contributed by atoms with Crippen molar-refractivity contribution in [1.29, 1.82) is 0 Å². The Hall–Kier alpha value is -1.63. The molecule has 1 aromatic heterocycles. The van der Waals surface area contributed by atoms with Crippen LogP contribution in [0.3, 0.4) is 0 Å². The van der Waals surface area contributed by atoms with E-state index in [0.717, 1.165) is 0 Å². The van der Waals surface area contributed by atoms with Crippen LogP contribution >= 0.6 is 15.9 Å². The summed E-state index contributed by atoms with van der Waals surface area (Å²) in [5, 5.41) is 2.47. The molecule has 1 N–H and O–H groups in total. The van der Waals surface area contributed by atoms with Gasteiger partial charge in [0.2, 0.25) is 0 Å². The Morgan fingerprint density at radius 1 is 1.29 bits per heavy atom. The van der Waals surface area contributed by atoms with Gasteiger partial charge in [0.05, 0.1) is 12.8 Å². The summed E-state index contributed by atoms with van der Waals surface area (Å²) in [4.78, 5) is 27.1. The second kappa shape index (κ2) is 8.61. The van der Waals surface area contributed by atoms with E-state index in [1.165, 1.54) is 13.3 Å². The van der Waals surface area contributed by atoms with Gasteiger partial charge in [-0.2, -0.15) is 0 Å². The van der Waals surface area contributed by atoms with E-state index in [9.17, 15) is 9.59 Å². The molecule has 6 nitrogen and oxygen atoms in total. The minimum Gasteiger partial charge on any atom is -0.464 e. The lowest BCUT2D eigenvalue weighted by Crippen LogP contribution is -2.28. The summed E-state index contributed by atoms with van der Waals surface area (Å²) in [5.74, 6) is -0.640. The Labute approximate surface area is 133 Å². The van der Waals surface area contributed by atoms with Gasteiger partial charge in [0, 0.05) is 10.7 Å². The van der Waals surface area contributed by atoms with Crippen molar-refractivity contribution in [3.63, 3.8) is 0 Å². The quantitative estimate of drug-likeness (QED) is 0.806. The zero-order valence-electron chi connectivity index (χ0n) is 13.1. The van der Waals surface area contributed by atoms with E-state index in [1.54, 1.807) is 26.8 Å². The number of carbonyl (C=O) groups is 2. The fourth-order valence-corrected chi connectivity index (χ4v) is 1.54. The molecule has 0 fully saturated rings. The van der Waals surface area contributed by atoms with Gasteiger partial charge in [-0.15, -0.1) is 0 Å². The Kier molecular flexibility index (Phi) is 7.94. The van der Waals surface area contributed by atoms with Crippen molar-refractivity contribution in [2.45, 2.75) is 40.2 Å². The number of hydrogen-bond donors (Lipinski definition) is 1. The van der Waals surface area contributed by atoms with Crippen molar-refractivity contribution in [3.05, 3.63) is 22.4 Å². The maximum atomic E-state index is 11.7. The SMILES string of the molecule is CC.COC(=O)c1ncc(Br)cc1NC(=O)OC(C)(C)C. The van der Waals surface area contributed by atoms with E-state index in [1.807, 2.05) is 13.8 Å². The molecule has 0 saturated heterocycles. The first-order valence-electron chi connectivity index (χ1n) is 6.47. The van der Waals surface area contributed by atoms with E-state index < -0.39 is 17.7 Å². The van der Waals surface area contributed by atoms with Crippen LogP contribution in [0.25, 0.3) is 0 Å². The first-order chi connectivity index (χ1) is 9.73. The van der Waals surface area contributed by atoms with Gasteiger partial charge in [-0.1, -0.05) is 13.8 Å². The number of esters is 1. The van der Waals surface area contributed by atoms with Gasteiger partial charge in [0.15, 0.2) is 5.69 Å². The highest BCUT2D eigenvalue weighted by molar-refractivity contribution is 9.10. The fraction of sp³-hybridized carbons (Fsp3) is 0.500. The molecule has 0 aromatic carbocycles. The standard InChI is InChI=1S/C12H15BrN2O4.C2H6/c1-12(2,3)19-11(17)15-8-5-7(13)6-14-9(8)10(16)18-4;1-2/h5-6H,1-4H3,(H,15,17);1-2H3. The minimum atomic E-state index is -0.669. The molecular weight excluding hydrogens is 340 g/mol. The molecule has 0 aliphatic carbocycles. The molecule has 0 unspecified atom stereocenters. The lowest BCUT2D eigenvalue weighted by atomic mass is 10.2. The summed E-state index contributed by atoms with van der Waals surface area (Å²) >= 11 is 3.21. The van der Waals surface area contributed by atoms with E-state index in [-0.39, 0.29) is 11.4 Å². The van der Waals surface area contributed by atoms with Crippen molar-refractivity contribution >= 4 is 33.7 Å². The first kappa shape index (κ1) is 19.4. The van der Waals surface area contributed by atoms with E-state index in [4.69, 9.17) is 4.74 Å². The highest BCUT2D eigenvalue weighted by Crippen LogP contribution is 2.20. The largest absolute Gasteiger partial charge is 0.464 e. The monoisotopic (exact) mass is 360 g/mol. The Morgan fingerprint density at radius 2 is 1.86 bits per heavy atom. The lowest BCUT2D eigenvalue weighted by Gasteiger charge is -2.20. The number of nitrogens with one attached hydrogen (secondary N) is 1. The van der Waals surface area contributed by atoms with Crippen molar-refractivity contribution in [2.75, 3.05) is 12.4 Å². The third kappa shape index (κ3) is 7.08. The first-order valence-corrected chi connectivity index (χ1v) is 7.26. The molecule has 0 aliphatic heterocycles. The molecule has 1 rings (SSSR count). The summed E-state index contributed by atoms with van der Waals surface area (Å²) in [6.07, 6.45) is 0.768. The highest BCUT2D eigenvalue weighted by atomic mass is 79.9. The van der Waals surface area contributed by atoms with Gasteiger partial charge >= 0.3 is 12.1 Å². The fourth-order valence-electron chi connectivity index (χ4n) is 1.21. The van der Waals surface area contributed by atoms with Crippen LogP contribution in [0, 0.1) is 0 Å². The second-order valence-corrected chi connectivity index (χ2v) is 5.58. The molecular formula is C14H21BrN2O4. The predicted molar refractivity (Wildman–Crippen MR) is 84.5 cm³/mol. The van der Waals surface area contributed by atoms with Crippen LogP contribution in [-0.4, -0.2) is 29.8 Å². The zero-order chi connectivity index (χ0) is 16.6. The number of halogens is 1. The topological polar surface area (TPSA) is 77.5 Å². The van der Waals surface area contributed by atoms with Crippen LogP contribution < -0.4 is 5.32 Å². The Bertz CT molecular complexity index is 498.